The number of rotatable bonds is 3. The molecule has 1 unspecified atom stereocenters. The average Bonchev–Trinajstić information content (AvgIpc) is 3.11. The van der Waals surface area contributed by atoms with E-state index in [0.29, 0.717) is 3.63 Å². The Balaban J connectivity index is 1.24. The molecule has 0 heterocycles. The Morgan fingerprint density at radius 1 is 0.742 bits per heavy atom. The van der Waals surface area contributed by atoms with Gasteiger partial charge in [-0.05, 0) is 0 Å². The molecule has 4 bridgehead atoms. The summed E-state index contributed by atoms with van der Waals surface area (Å²) >= 11 is 1.66. The molecule has 5 aliphatic carbocycles. The van der Waals surface area contributed by atoms with Gasteiger partial charge in [0, 0.05) is 0 Å². The summed E-state index contributed by atoms with van der Waals surface area (Å²) in [6, 6.07) is 22.8. The van der Waals surface area contributed by atoms with Crippen LogP contribution in [-0.4, -0.2) is 0 Å². The first kappa shape index (κ1) is 19.1. The van der Waals surface area contributed by atoms with Crippen molar-refractivity contribution in [3.8, 4) is 11.1 Å². The zero-order valence-corrected chi connectivity index (χ0v) is 20.5. The van der Waals surface area contributed by atoms with Crippen molar-refractivity contribution in [3.05, 3.63) is 77.4 Å². The zero-order chi connectivity index (χ0) is 20.5. The van der Waals surface area contributed by atoms with Crippen LogP contribution in [0.5, 0.6) is 0 Å². The Morgan fingerprint density at radius 2 is 1.48 bits per heavy atom. The van der Waals surface area contributed by atoms with Gasteiger partial charge in [-0.15, -0.1) is 0 Å². The van der Waals surface area contributed by atoms with Crippen LogP contribution in [0.4, 0.5) is 0 Å². The van der Waals surface area contributed by atoms with Gasteiger partial charge in [0.2, 0.25) is 0 Å². The van der Waals surface area contributed by atoms with E-state index in [0.717, 1.165) is 29.6 Å². The molecular formula is C30H29Zr. The van der Waals surface area contributed by atoms with Crippen molar-refractivity contribution in [2.24, 2.45) is 29.6 Å². The van der Waals surface area contributed by atoms with Gasteiger partial charge in [0.25, 0.3) is 0 Å². The van der Waals surface area contributed by atoms with E-state index in [1.165, 1.54) is 33.9 Å². The first-order valence-electron chi connectivity index (χ1n) is 12.3. The van der Waals surface area contributed by atoms with Crippen LogP contribution in [0.25, 0.3) is 28.0 Å². The van der Waals surface area contributed by atoms with Crippen molar-refractivity contribution in [3.63, 3.8) is 0 Å². The van der Waals surface area contributed by atoms with Crippen molar-refractivity contribution in [1.82, 2.24) is 0 Å². The molecule has 3 aromatic rings. The molecule has 0 aliphatic heterocycles. The number of fused-ring (bicyclic) bond motifs is 2. The molecule has 1 atom stereocenters. The van der Waals surface area contributed by atoms with E-state index in [1.54, 1.807) is 68.0 Å². The van der Waals surface area contributed by atoms with E-state index in [1.807, 2.05) is 0 Å². The number of allylic oxidation sites excluding steroid dienone is 1. The number of hydrogen-bond acceptors (Lipinski definition) is 0. The SMILES string of the molecule is [Zr][CH]1C(CC2C3CC4CC(C3)CC2C4)=Cc2c(-c3ccc4ccccc4c3)cccc21. The third-order valence-electron chi connectivity index (χ3n) is 9.11. The third-order valence-corrected chi connectivity index (χ3v) is 10.8. The summed E-state index contributed by atoms with van der Waals surface area (Å²) < 4.78 is 0.666. The third kappa shape index (κ3) is 3.10. The molecule has 0 nitrogen and oxygen atoms in total. The predicted octanol–water partition coefficient (Wildman–Crippen LogP) is 7.95. The van der Waals surface area contributed by atoms with Crippen LogP contribution in [0.1, 0.15) is 53.3 Å². The van der Waals surface area contributed by atoms with Crippen LogP contribution < -0.4 is 0 Å². The van der Waals surface area contributed by atoms with E-state index in [4.69, 9.17) is 0 Å². The minimum absolute atomic E-state index is 0.666. The molecule has 31 heavy (non-hydrogen) atoms. The van der Waals surface area contributed by atoms with Crippen LogP contribution in [0.2, 0.25) is 0 Å². The molecule has 0 amide bonds. The summed E-state index contributed by atoms with van der Waals surface area (Å²) in [5, 5.41) is 2.67. The first-order valence-corrected chi connectivity index (χ1v) is 13.7. The Labute approximate surface area is 201 Å². The van der Waals surface area contributed by atoms with Gasteiger partial charge in [-0.25, -0.2) is 0 Å². The first-order chi connectivity index (χ1) is 15.2. The maximum absolute atomic E-state index is 2.62. The topological polar surface area (TPSA) is 0 Å². The van der Waals surface area contributed by atoms with Crippen molar-refractivity contribution < 1.29 is 24.7 Å². The van der Waals surface area contributed by atoms with Crippen LogP contribution in [0.3, 0.4) is 0 Å². The van der Waals surface area contributed by atoms with Crippen molar-refractivity contribution >= 4 is 16.8 Å². The zero-order valence-electron chi connectivity index (χ0n) is 18.1. The molecule has 0 aromatic heterocycles. The van der Waals surface area contributed by atoms with Crippen molar-refractivity contribution in [2.45, 2.75) is 42.2 Å². The summed E-state index contributed by atoms with van der Waals surface area (Å²) in [4.78, 5) is 0. The number of benzene rings is 3. The standard InChI is InChI=1S/C30H29.Zr/c1-2-5-23-18-25(9-8-22(23)4-1)28-7-3-6-24-11-21(17-30(24)28)16-29-26-12-19-10-20(14-26)15-27(29)13-19;/h1-9,11,17-20,26-27,29H,10,12-16H2;. The Hall–Kier alpha value is -1.46. The second-order valence-electron chi connectivity index (χ2n) is 10.8. The van der Waals surface area contributed by atoms with E-state index < -0.39 is 0 Å². The van der Waals surface area contributed by atoms with Crippen LogP contribution in [0.15, 0.2) is 66.2 Å². The van der Waals surface area contributed by atoms with Gasteiger partial charge in [-0.2, -0.15) is 0 Å². The van der Waals surface area contributed by atoms with E-state index in [2.05, 4.69) is 66.7 Å². The second kappa shape index (κ2) is 7.28. The van der Waals surface area contributed by atoms with Gasteiger partial charge in [0.05, 0.1) is 0 Å². The predicted molar refractivity (Wildman–Crippen MR) is 125 cm³/mol. The molecule has 0 radical (unpaired) electrons. The molecular weight excluding hydrogens is 452 g/mol. The molecule has 5 aliphatic rings. The van der Waals surface area contributed by atoms with Gasteiger partial charge in [-0.1, -0.05) is 0 Å². The fraction of sp³-hybridized carbons (Fsp3) is 0.400. The normalized spacial score (nSPS) is 32.9. The fourth-order valence-corrected chi connectivity index (χ4v) is 9.01. The van der Waals surface area contributed by atoms with E-state index in [9.17, 15) is 0 Å². The molecule has 0 spiro atoms. The quantitative estimate of drug-likeness (QED) is 0.357. The molecule has 153 valence electrons. The molecule has 0 saturated heterocycles. The molecule has 4 saturated carbocycles. The van der Waals surface area contributed by atoms with Crippen molar-refractivity contribution in [2.75, 3.05) is 0 Å². The Bertz CT molecular complexity index is 1170. The van der Waals surface area contributed by atoms with E-state index >= 15 is 0 Å². The molecule has 8 rings (SSSR count). The van der Waals surface area contributed by atoms with E-state index in [-0.39, 0.29) is 0 Å². The maximum atomic E-state index is 2.62. The van der Waals surface area contributed by atoms with Gasteiger partial charge >= 0.3 is 202 Å². The molecule has 0 N–H and O–H groups in total. The molecule has 4 fully saturated rings. The molecule has 1 heteroatoms. The second-order valence-corrected chi connectivity index (χ2v) is 12.2. The number of hydrogen-bond donors (Lipinski definition) is 0. The van der Waals surface area contributed by atoms with Crippen LogP contribution >= 0.6 is 0 Å². The molecule has 3 aromatic carbocycles. The summed E-state index contributed by atoms with van der Waals surface area (Å²) in [5.74, 6) is 5.20. The van der Waals surface area contributed by atoms with Gasteiger partial charge in [0.1, 0.15) is 0 Å². The van der Waals surface area contributed by atoms with Gasteiger partial charge in [0.15, 0.2) is 0 Å². The Morgan fingerprint density at radius 3 is 2.26 bits per heavy atom. The fourth-order valence-electron chi connectivity index (χ4n) is 7.89. The summed E-state index contributed by atoms with van der Waals surface area (Å²) in [6.45, 7) is 0. The van der Waals surface area contributed by atoms with Crippen LogP contribution in [0, 0.1) is 29.6 Å². The summed E-state index contributed by atoms with van der Waals surface area (Å²) in [7, 11) is 0. The van der Waals surface area contributed by atoms with Gasteiger partial charge < -0.3 is 0 Å². The summed E-state index contributed by atoms with van der Waals surface area (Å²) in [6.07, 6.45) is 11.7. The minimum atomic E-state index is 0.666. The van der Waals surface area contributed by atoms with Crippen molar-refractivity contribution in [1.29, 1.82) is 0 Å². The monoisotopic (exact) mass is 479 g/mol. The van der Waals surface area contributed by atoms with Gasteiger partial charge in [-0.3, -0.25) is 0 Å². The Kier molecular flexibility index (Phi) is 4.47. The summed E-state index contributed by atoms with van der Waals surface area (Å²) in [5.41, 5.74) is 7.64. The average molecular weight is 481 g/mol. The van der Waals surface area contributed by atoms with Crippen LogP contribution in [-0.2, 0) is 24.7 Å².